The molecule has 0 aromatic heterocycles. The van der Waals surface area contributed by atoms with Crippen LogP contribution in [-0.4, -0.2) is 49.6 Å². The van der Waals surface area contributed by atoms with Crippen LogP contribution in [0.4, 0.5) is 14.9 Å². The Balaban J connectivity index is 0.00000312. The van der Waals surface area contributed by atoms with Gasteiger partial charge >= 0.3 is 6.03 Å². The molecule has 3 amide bonds. The molecule has 1 fully saturated rings. The van der Waals surface area contributed by atoms with E-state index >= 15 is 0 Å². The zero-order valence-corrected chi connectivity index (χ0v) is 15.4. The molecule has 140 valence electrons. The number of carbonyl (C=O) groups excluding carboxylic acids is 2. The lowest BCUT2D eigenvalue weighted by molar-refractivity contribution is -0.126. The van der Waals surface area contributed by atoms with E-state index in [0.29, 0.717) is 19.6 Å². The van der Waals surface area contributed by atoms with E-state index in [-0.39, 0.29) is 42.0 Å². The van der Waals surface area contributed by atoms with Crippen LogP contribution in [0.1, 0.15) is 19.8 Å². The summed E-state index contributed by atoms with van der Waals surface area (Å²) in [5.74, 6) is -0.743. The predicted molar refractivity (Wildman–Crippen MR) is 98.5 cm³/mol. The first kappa shape index (κ1) is 21.2. The van der Waals surface area contributed by atoms with Gasteiger partial charge in [0.25, 0.3) is 0 Å². The van der Waals surface area contributed by atoms with Gasteiger partial charge in [-0.1, -0.05) is 12.1 Å². The number of urea groups is 1. The number of carbonyl (C=O) groups is 2. The Labute approximate surface area is 153 Å². The highest BCUT2D eigenvalue weighted by molar-refractivity contribution is 5.90. The molecule has 1 aromatic carbocycles. The van der Waals surface area contributed by atoms with Gasteiger partial charge in [-0.3, -0.25) is 4.79 Å². The lowest BCUT2D eigenvalue weighted by Gasteiger charge is -2.32. The van der Waals surface area contributed by atoms with Crippen molar-refractivity contribution < 1.29 is 14.0 Å². The fourth-order valence-electron chi connectivity index (χ4n) is 2.63. The van der Waals surface area contributed by atoms with Crippen LogP contribution in [0.25, 0.3) is 0 Å². The average Bonchev–Trinajstić information content (AvgIpc) is 2.61. The molecular formula is C17H26ClFN4O2. The molecule has 1 aromatic rings. The summed E-state index contributed by atoms with van der Waals surface area (Å²) in [6, 6.07) is 5.86. The molecule has 0 aliphatic carbocycles. The Morgan fingerprint density at radius 1 is 1.36 bits per heavy atom. The summed E-state index contributed by atoms with van der Waals surface area (Å²) in [4.78, 5) is 26.1. The number of likely N-dealkylation sites (tertiary alicyclic amines) is 1. The standard InChI is InChI=1S/C17H25FN4O2.ClH/c1-12(19-2)10-20-16(23)13-6-5-9-22(11-13)17(24)21-15-8-4-3-7-14(15)18;/h3-4,7-8,12-13,19H,5-6,9-11H2,1-2H3,(H,20,23)(H,21,24);1H. The van der Waals surface area contributed by atoms with Crippen LogP contribution in [-0.2, 0) is 4.79 Å². The summed E-state index contributed by atoms with van der Waals surface area (Å²) in [5.41, 5.74) is 0.150. The minimum Gasteiger partial charge on any atom is -0.354 e. The van der Waals surface area contributed by atoms with E-state index in [0.717, 1.165) is 12.8 Å². The van der Waals surface area contributed by atoms with Gasteiger partial charge in [0, 0.05) is 25.7 Å². The maximum Gasteiger partial charge on any atom is 0.321 e. The molecular weight excluding hydrogens is 347 g/mol. The van der Waals surface area contributed by atoms with Gasteiger partial charge in [-0.2, -0.15) is 0 Å². The van der Waals surface area contributed by atoms with Gasteiger partial charge in [0.2, 0.25) is 5.91 Å². The topological polar surface area (TPSA) is 73.5 Å². The van der Waals surface area contributed by atoms with Gasteiger partial charge < -0.3 is 20.9 Å². The van der Waals surface area contributed by atoms with E-state index in [1.165, 1.54) is 12.1 Å². The quantitative estimate of drug-likeness (QED) is 0.742. The van der Waals surface area contributed by atoms with Crippen molar-refractivity contribution in [1.82, 2.24) is 15.5 Å². The van der Waals surface area contributed by atoms with Gasteiger partial charge in [0.15, 0.2) is 0 Å². The van der Waals surface area contributed by atoms with Gasteiger partial charge in [-0.15, -0.1) is 12.4 Å². The Kier molecular flexibility index (Phi) is 8.65. The second kappa shape index (κ2) is 10.2. The van der Waals surface area contributed by atoms with Crippen LogP contribution >= 0.6 is 12.4 Å². The number of benzene rings is 1. The lowest BCUT2D eigenvalue weighted by Crippen LogP contribution is -2.48. The first-order valence-corrected chi connectivity index (χ1v) is 8.26. The maximum absolute atomic E-state index is 13.6. The fraction of sp³-hybridized carbons (Fsp3) is 0.529. The van der Waals surface area contributed by atoms with E-state index in [9.17, 15) is 14.0 Å². The molecule has 1 aliphatic heterocycles. The molecule has 6 nitrogen and oxygen atoms in total. The number of rotatable bonds is 5. The van der Waals surface area contributed by atoms with Crippen LogP contribution < -0.4 is 16.0 Å². The minimum absolute atomic E-state index is 0. The fourth-order valence-corrected chi connectivity index (χ4v) is 2.63. The van der Waals surface area contributed by atoms with Crippen LogP contribution in [0.3, 0.4) is 0 Å². The molecule has 1 saturated heterocycles. The molecule has 2 unspecified atom stereocenters. The van der Waals surface area contributed by atoms with E-state index < -0.39 is 5.82 Å². The molecule has 0 radical (unpaired) electrons. The molecule has 2 rings (SSSR count). The summed E-state index contributed by atoms with van der Waals surface area (Å²) in [6.07, 6.45) is 1.51. The predicted octanol–water partition coefficient (Wildman–Crippen LogP) is 2.22. The van der Waals surface area contributed by atoms with E-state index in [2.05, 4.69) is 16.0 Å². The largest absolute Gasteiger partial charge is 0.354 e. The number of para-hydroxylation sites is 1. The van der Waals surface area contributed by atoms with Gasteiger partial charge in [-0.25, -0.2) is 9.18 Å². The summed E-state index contributed by atoms with van der Waals surface area (Å²) >= 11 is 0. The van der Waals surface area contributed by atoms with Gasteiger partial charge in [-0.05, 0) is 38.9 Å². The minimum atomic E-state index is -0.474. The van der Waals surface area contributed by atoms with E-state index in [4.69, 9.17) is 0 Å². The molecule has 8 heteroatoms. The zero-order chi connectivity index (χ0) is 17.5. The second-order valence-corrected chi connectivity index (χ2v) is 6.13. The third-order valence-electron chi connectivity index (χ3n) is 4.27. The van der Waals surface area contributed by atoms with Crippen molar-refractivity contribution in [1.29, 1.82) is 0 Å². The number of nitrogens with zero attached hydrogens (tertiary/aromatic N) is 1. The number of hydrogen-bond acceptors (Lipinski definition) is 3. The molecule has 2 atom stereocenters. The van der Waals surface area contributed by atoms with Crippen molar-refractivity contribution in [2.24, 2.45) is 5.92 Å². The Bertz CT molecular complexity index is 588. The molecule has 0 bridgehead atoms. The SMILES string of the molecule is CNC(C)CNC(=O)C1CCCN(C(=O)Nc2ccccc2F)C1.Cl. The number of amides is 3. The van der Waals surface area contributed by atoms with Crippen molar-refractivity contribution in [3.8, 4) is 0 Å². The monoisotopic (exact) mass is 372 g/mol. The van der Waals surface area contributed by atoms with Crippen LogP contribution in [0.5, 0.6) is 0 Å². The number of likely N-dealkylation sites (N-methyl/N-ethyl adjacent to an activating group) is 1. The van der Waals surface area contributed by atoms with E-state index in [1.54, 1.807) is 17.0 Å². The van der Waals surface area contributed by atoms with E-state index in [1.807, 2.05) is 14.0 Å². The molecule has 3 N–H and O–H groups in total. The Hall–Kier alpha value is -1.86. The highest BCUT2D eigenvalue weighted by Gasteiger charge is 2.28. The van der Waals surface area contributed by atoms with Crippen LogP contribution in [0.15, 0.2) is 24.3 Å². The normalized spacial score (nSPS) is 18.0. The van der Waals surface area contributed by atoms with Crippen molar-refractivity contribution in [2.75, 3.05) is 32.0 Å². The molecule has 0 spiro atoms. The van der Waals surface area contributed by atoms with Crippen molar-refractivity contribution in [3.05, 3.63) is 30.1 Å². The highest BCUT2D eigenvalue weighted by atomic mass is 35.5. The lowest BCUT2D eigenvalue weighted by atomic mass is 9.97. The molecule has 1 heterocycles. The van der Waals surface area contributed by atoms with Crippen molar-refractivity contribution >= 4 is 30.0 Å². The van der Waals surface area contributed by atoms with Crippen molar-refractivity contribution in [2.45, 2.75) is 25.8 Å². The third kappa shape index (κ3) is 6.17. The van der Waals surface area contributed by atoms with Crippen LogP contribution in [0.2, 0.25) is 0 Å². The van der Waals surface area contributed by atoms with Crippen molar-refractivity contribution in [3.63, 3.8) is 0 Å². The zero-order valence-electron chi connectivity index (χ0n) is 14.5. The average molecular weight is 373 g/mol. The number of nitrogens with one attached hydrogen (secondary N) is 3. The number of hydrogen-bond donors (Lipinski definition) is 3. The summed E-state index contributed by atoms with van der Waals surface area (Å²) in [5, 5.41) is 8.53. The summed E-state index contributed by atoms with van der Waals surface area (Å²) < 4.78 is 13.6. The first-order chi connectivity index (χ1) is 11.5. The number of halogens is 2. The maximum atomic E-state index is 13.6. The first-order valence-electron chi connectivity index (χ1n) is 8.26. The smallest absolute Gasteiger partial charge is 0.321 e. The van der Waals surface area contributed by atoms with Gasteiger partial charge in [0.1, 0.15) is 5.82 Å². The third-order valence-corrected chi connectivity index (χ3v) is 4.27. The Morgan fingerprint density at radius 2 is 2.08 bits per heavy atom. The van der Waals surface area contributed by atoms with Crippen LogP contribution in [0, 0.1) is 11.7 Å². The second-order valence-electron chi connectivity index (χ2n) is 6.13. The van der Waals surface area contributed by atoms with Gasteiger partial charge in [0.05, 0.1) is 11.6 Å². The Morgan fingerprint density at radius 3 is 2.76 bits per heavy atom. The molecule has 0 saturated carbocycles. The summed E-state index contributed by atoms with van der Waals surface area (Å²) in [6.45, 7) is 3.44. The highest BCUT2D eigenvalue weighted by Crippen LogP contribution is 2.19. The number of piperidine rings is 1. The molecule has 25 heavy (non-hydrogen) atoms. The number of anilines is 1. The molecule has 1 aliphatic rings. The summed E-state index contributed by atoms with van der Waals surface area (Å²) in [7, 11) is 1.84.